The molecule has 2 atom stereocenters. The molecule has 1 fully saturated rings. The molecule has 17 heavy (non-hydrogen) atoms. The van der Waals surface area contributed by atoms with Crippen LogP contribution in [0.2, 0.25) is 5.02 Å². The molecule has 1 aromatic rings. The Morgan fingerprint density at radius 2 is 2.18 bits per heavy atom. The number of aliphatic hydroxyl groups excluding tert-OH is 1. The largest absolute Gasteiger partial charge is 0.396 e. The summed E-state index contributed by atoms with van der Waals surface area (Å²) in [7, 11) is 0. The highest BCUT2D eigenvalue weighted by atomic mass is 35.5. The lowest BCUT2D eigenvalue weighted by Crippen LogP contribution is -2.32. The van der Waals surface area contributed by atoms with E-state index in [1.54, 1.807) is 0 Å². The molecule has 2 N–H and O–H groups in total. The first-order chi connectivity index (χ1) is 8.22. The zero-order valence-corrected chi connectivity index (χ0v) is 10.6. The molecule has 2 rings (SSSR count). The van der Waals surface area contributed by atoms with Crippen molar-refractivity contribution in [2.24, 2.45) is 5.41 Å². The Kier molecular flexibility index (Phi) is 3.87. The van der Waals surface area contributed by atoms with E-state index in [1.807, 2.05) is 30.3 Å². The minimum absolute atomic E-state index is 0.115. The van der Waals surface area contributed by atoms with Gasteiger partial charge in [-0.25, -0.2) is 0 Å². The van der Waals surface area contributed by atoms with E-state index in [4.69, 9.17) is 11.6 Å². The normalized spacial score (nSPS) is 28.2. The molecule has 3 heteroatoms. The van der Waals surface area contributed by atoms with E-state index in [2.05, 4.69) is 11.9 Å². The minimum atomic E-state index is -0.115. The van der Waals surface area contributed by atoms with E-state index in [0.29, 0.717) is 5.92 Å². The molecule has 0 amide bonds. The molecule has 1 saturated heterocycles. The van der Waals surface area contributed by atoms with Gasteiger partial charge in [-0.3, -0.25) is 0 Å². The highest BCUT2D eigenvalue weighted by molar-refractivity contribution is 6.30. The summed E-state index contributed by atoms with van der Waals surface area (Å²) in [6, 6.07) is 7.91. The van der Waals surface area contributed by atoms with Crippen molar-refractivity contribution in [2.45, 2.75) is 12.3 Å². The molecule has 0 spiro atoms. The third kappa shape index (κ3) is 2.39. The van der Waals surface area contributed by atoms with Gasteiger partial charge >= 0.3 is 0 Å². The van der Waals surface area contributed by atoms with E-state index in [1.165, 1.54) is 5.56 Å². The SMILES string of the molecule is C=CCC1(CO)CNCC1c1ccc(Cl)cc1. The molecule has 0 aliphatic carbocycles. The van der Waals surface area contributed by atoms with Crippen LogP contribution in [0.4, 0.5) is 0 Å². The molecule has 1 aromatic carbocycles. The number of aliphatic hydroxyl groups is 1. The Hall–Kier alpha value is -0.830. The van der Waals surface area contributed by atoms with Crippen molar-refractivity contribution in [1.29, 1.82) is 0 Å². The topological polar surface area (TPSA) is 32.3 Å². The maximum absolute atomic E-state index is 9.72. The van der Waals surface area contributed by atoms with Crippen LogP contribution in [0.1, 0.15) is 17.9 Å². The first-order valence-corrected chi connectivity index (χ1v) is 6.27. The van der Waals surface area contributed by atoms with Crippen LogP contribution in [0.15, 0.2) is 36.9 Å². The Bertz CT molecular complexity index is 390. The molecule has 0 saturated carbocycles. The average Bonchev–Trinajstić information content (AvgIpc) is 2.75. The van der Waals surface area contributed by atoms with Crippen LogP contribution in [0.25, 0.3) is 0 Å². The van der Waals surface area contributed by atoms with Crippen molar-refractivity contribution in [3.05, 3.63) is 47.5 Å². The second kappa shape index (κ2) is 5.21. The van der Waals surface area contributed by atoms with Gasteiger partial charge in [0.2, 0.25) is 0 Å². The van der Waals surface area contributed by atoms with Gasteiger partial charge in [0.25, 0.3) is 0 Å². The Morgan fingerprint density at radius 3 is 2.76 bits per heavy atom. The lowest BCUT2D eigenvalue weighted by atomic mass is 9.73. The first kappa shape index (κ1) is 12.6. The summed E-state index contributed by atoms with van der Waals surface area (Å²) in [5.74, 6) is 0.322. The number of halogens is 1. The molecule has 92 valence electrons. The van der Waals surface area contributed by atoms with E-state index < -0.39 is 0 Å². The fraction of sp³-hybridized carbons (Fsp3) is 0.429. The van der Waals surface area contributed by atoms with E-state index >= 15 is 0 Å². The molecule has 2 unspecified atom stereocenters. The van der Waals surface area contributed by atoms with Crippen molar-refractivity contribution in [3.8, 4) is 0 Å². The average molecular weight is 252 g/mol. The zero-order valence-electron chi connectivity index (χ0n) is 9.82. The van der Waals surface area contributed by atoms with Crippen molar-refractivity contribution in [3.63, 3.8) is 0 Å². The second-order valence-electron chi connectivity index (χ2n) is 4.75. The highest BCUT2D eigenvalue weighted by Crippen LogP contribution is 2.42. The Labute approximate surface area is 107 Å². The van der Waals surface area contributed by atoms with Crippen LogP contribution in [0.5, 0.6) is 0 Å². The van der Waals surface area contributed by atoms with Crippen LogP contribution < -0.4 is 5.32 Å². The number of allylic oxidation sites excluding steroid dienone is 1. The molecule has 1 aliphatic rings. The third-order valence-electron chi connectivity index (χ3n) is 3.70. The van der Waals surface area contributed by atoms with Gasteiger partial charge in [0.05, 0.1) is 6.61 Å². The fourth-order valence-corrected chi connectivity index (χ4v) is 2.83. The summed E-state index contributed by atoms with van der Waals surface area (Å²) in [5.41, 5.74) is 1.12. The summed E-state index contributed by atoms with van der Waals surface area (Å²) in [5, 5.41) is 13.8. The number of hydrogen-bond acceptors (Lipinski definition) is 2. The predicted octanol–water partition coefficient (Wildman–Crippen LogP) is 2.58. The Morgan fingerprint density at radius 1 is 1.47 bits per heavy atom. The van der Waals surface area contributed by atoms with Gasteiger partial charge < -0.3 is 10.4 Å². The van der Waals surface area contributed by atoms with Crippen LogP contribution in [-0.4, -0.2) is 24.8 Å². The van der Waals surface area contributed by atoms with Crippen LogP contribution in [-0.2, 0) is 0 Å². The molecular formula is C14H18ClNO. The predicted molar refractivity (Wildman–Crippen MR) is 71.4 cm³/mol. The van der Waals surface area contributed by atoms with Gasteiger partial charge in [0.15, 0.2) is 0 Å². The van der Waals surface area contributed by atoms with E-state index in [0.717, 1.165) is 24.5 Å². The number of rotatable bonds is 4. The molecular weight excluding hydrogens is 234 g/mol. The monoisotopic (exact) mass is 251 g/mol. The summed E-state index contributed by atoms with van der Waals surface area (Å²) >= 11 is 5.90. The fourth-order valence-electron chi connectivity index (χ4n) is 2.70. The van der Waals surface area contributed by atoms with E-state index in [9.17, 15) is 5.11 Å². The highest BCUT2D eigenvalue weighted by Gasteiger charge is 2.42. The van der Waals surface area contributed by atoms with Gasteiger partial charge in [-0.2, -0.15) is 0 Å². The maximum atomic E-state index is 9.72. The summed E-state index contributed by atoms with van der Waals surface area (Å²) in [4.78, 5) is 0. The smallest absolute Gasteiger partial charge is 0.0508 e. The third-order valence-corrected chi connectivity index (χ3v) is 3.95. The zero-order chi connectivity index (χ0) is 12.3. The standard InChI is InChI=1S/C14H18ClNO/c1-2-7-14(10-17)9-16-8-13(14)11-3-5-12(15)6-4-11/h2-6,13,16-17H,1,7-10H2. The number of benzene rings is 1. The van der Waals surface area contributed by atoms with Gasteiger partial charge in [-0.05, 0) is 24.1 Å². The van der Waals surface area contributed by atoms with Crippen LogP contribution >= 0.6 is 11.6 Å². The maximum Gasteiger partial charge on any atom is 0.0508 e. The van der Waals surface area contributed by atoms with Crippen molar-refractivity contribution in [1.82, 2.24) is 5.32 Å². The quantitative estimate of drug-likeness (QED) is 0.807. The molecule has 0 radical (unpaired) electrons. The van der Waals surface area contributed by atoms with Gasteiger partial charge in [0.1, 0.15) is 0 Å². The molecule has 1 heterocycles. The van der Waals surface area contributed by atoms with E-state index in [-0.39, 0.29) is 12.0 Å². The minimum Gasteiger partial charge on any atom is -0.396 e. The number of nitrogens with one attached hydrogen (secondary N) is 1. The molecule has 2 nitrogen and oxygen atoms in total. The summed E-state index contributed by atoms with van der Waals surface area (Å²) in [6.45, 7) is 5.71. The van der Waals surface area contributed by atoms with Gasteiger partial charge in [-0.1, -0.05) is 29.8 Å². The van der Waals surface area contributed by atoms with Crippen LogP contribution in [0.3, 0.4) is 0 Å². The van der Waals surface area contributed by atoms with Gasteiger partial charge in [-0.15, -0.1) is 6.58 Å². The van der Waals surface area contributed by atoms with Crippen molar-refractivity contribution < 1.29 is 5.11 Å². The summed E-state index contributed by atoms with van der Waals surface area (Å²) < 4.78 is 0. The molecule has 0 aromatic heterocycles. The summed E-state index contributed by atoms with van der Waals surface area (Å²) in [6.07, 6.45) is 2.72. The van der Waals surface area contributed by atoms with Gasteiger partial charge in [0, 0.05) is 29.4 Å². The Balaban J connectivity index is 2.29. The molecule has 0 bridgehead atoms. The lowest BCUT2D eigenvalue weighted by Gasteiger charge is -2.32. The van der Waals surface area contributed by atoms with Crippen molar-refractivity contribution in [2.75, 3.05) is 19.7 Å². The molecule has 1 aliphatic heterocycles. The first-order valence-electron chi connectivity index (χ1n) is 5.90. The second-order valence-corrected chi connectivity index (χ2v) is 5.18. The van der Waals surface area contributed by atoms with Crippen molar-refractivity contribution >= 4 is 11.6 Å². The van der Waals surface area contributed by atoms with Crippen LogP contribution in [0, 0.1) is 5.41 Å². The number of hydrogen-bond donors (Lipinski definition) is 2. The lowest BCUT2D eigenvalue weighted by molar-refractivity contribution is 0.129.